The number of rotatable bonds is 1. The molecule has 0 amide bonds. The summed E-state index contributed by atoms with van der Waals surface area (Å²) in [5.41, 5.74) is 2.35. The Bertz CT molecular complexity index is 318. The van der Waals surface area contributed by atoms with Crippen molar-refractivity contribution in [1.82, 2.24) is 4.98 Å². The Morgan fingerprint density at radius 3 is 2.82 bits per heavy atom. The van der Waals surface area contributed by atoms with Gasteiger partial charge >= 0.3 is 0 Å². The highest BCUT2D eigenvalue weighted by Crippen LogP contribution is 2.05. The minimum atomic E-state index is 0.800. The predicted molar refractivity (Wildman–Crippen MR) is 51.0 cm³/mol. The van der Waals surface area contributed by atoms with E-state index in [1.165, 1.54) is 5.57 Å². The largest absolute Gasteiger partial charge is 0.352 e. The molecule has 0 unspecified atom stereocenters. The van der Waals surface area contributed by atoms with Gasteiger partial charge in [-0.1, -0.05) is 29.9 Å². The van der Waals surface area contributed by atoms with Crippen LogP contribution >= 0.6 is 12.2 Å². The number of allylic oxidation sites excluding steroid dienone is 1. The van der Waals surface area contributed by atoms with E-state index in [2.05, 4.69) is 24.9 Å². The van der Waals surface area contributed by atoms with E-state index in [0.29, 0.717) is 0 Å². The first-order chi connectivity index (χ1) is 5.20. The van der Waals surface area contributed by atoms with Crippen LogP contribution in [0.3, 0.4) is 0 Å². The Hall–Kier alpha value is -0.890. The highest BCUT2D eigenvalue weighted by atomic mass is 32.1. The van der Waals surface area contributed by atoms with Crippen molar-refractivity contribution in [3.8, 4) is 0 Å². The Morgan fingerprint density at radius 2 is 2.27 bits per heavy atom. The van der Waals surface area contributed by atoms with Crippen molar-refractivity contribution < 1.29 is 0 Å². The molecule has 1 aromatic heterocycles. The van der Waals surface area contributed by atoms with Crippen LogP contribution in [-0.4, -0.2) is 4.98 Å². The summed E-state index contributed by atoms with van der Waals surface area (Å²) in [6.07, 6.45) is 3.91. The van der Waals surface area contributed by atoms with Crippen molar-refractivity contribution in [2.75, 3.05) is 0 Å². The van der Waals surface area contributed by atoms with Crippen LogP contribution in [0.25, 0.3) is 6.08 Å². The third kappa shape index (κ3) is 2.31. The Balaban J connectivity index is 3.15. The molecule has 0 aliphatic heterocycles. The molecule has 1 rings (SSSR count). The normalized spacial score (nSPS) is 9.27. The zero-order valence-corrected chi connectivity index (χ0v) is 7.53. The van der Waals surface area contributed by atoms with Crippen LogP contribution in [0.1, 0.15) is 19.4 Å². The summed E-state index contributed by atoms with van der Waals surface area (Å²) in [6, 6.07) is 3.95. The molecule has 1 heterocycles. The average molecular weight is 165 g/mol. The van der Waals surface area contributed by atoms with Gasteiger partial charge in [-0.05, 0) is 19.9 Å². The molecule has 1 nitrogen and oxygen atoms in total. The van der Waals surface area contributed by atoms with Crippen molar-refractivity contribution in [3.63, 3.8) is 0 Å². The fourth-order valence-electron chi connectivity index (χ4n) is 0.859. The van der Waals surface area contributed by atoms with Crippen molar-refractivity contribution >= 4 is 18.3 Å². The molecule has 0 spiro atoms. The molecule has 11 heavy (non-hydrogen) atoms. The van der Waals surface area contributed by atoms with Gasteiger partial charge in [-0.15, -0.1) is 0 Å². The van der Waals surface area contributed by atoms with E-state index in [-0.39, 0.29) is 0 Å². The number of H-pyrrole nitrogens is 1. The van der Waals surface area contributed by atoms with Crippen LogP contribution in [-0.2, 0) is 0 Å². The first kappa shape index (κ1) is 8.21. The Morgan fingerprint density at radius 1 is 1.55 bits per heavy atom. The van der Waals surface area contributed by atoms with Crippen molar-refractivity contribution in [2.45, 2.75) is 13.8 Å². The van der Waals surface area contributed by atoms with Gasteiger partial charge in [0, 0.05) is 11.8 Å². The molecule has 0 aliphatic rings. The van der Waals surface area contributed by atoms with E-state index in [0.717, 1.165) is 10.2 Å². The van der Waals surface area contributed by atoms with Crippen LogP contribution in [0.4, 0.5) is 0 Å². The second kappa shape index (κ2) is 3.49. The smallest absolute Gasteiger partial charge is 0.110 e. The Labute approximate surface area is 71.8 Å². The summed E-state index contributed by atoms with van der Waals surface area (Å²) >= 11 is 5.07. The van der Waals surface area contributed by atoms with Crippen LogP contribution in [0.5, 0.6) is 0 Å². The lowest BCUT2D eigenvalue weighted by atomic mass is 10.2. The average Bonchev–Trinajstić information content (AvgIpc) is 1.93. The topological polar surface area (TPSA) is 15.8 Å². The third-order valence-corrected chi connectivity index (χ3v) is 1.65. The monoisotopic (exact) mass is 165 g/mol. The molecule has 2 heteroatoms. The number of pyridine rings is 1. The first-order valence-corrected chi connectivity index (χ1v) is 3.93. The summed E-state index contributed by atoms with van der Waals surface area (Å²) in [5, 5.41) is 0. The lowest BCUT2D eigenvalue weighted by Gasteiger charge is -1.93. The molecule has 0 aromatic carbocycles. The maximum atomic E-state index is 5.07. The van der Waals surface area contributed by atoms with Crippen molar-refractivity contribution in [1.29, 1.82) is 0 Å². The van der Waals surface area contributed by atoms with Crippen LogP contribution in [0, 0.1) is 4.64 Å². The second-order valence-electron chi connectivity index (χ2n) is 2.68. The van der Waals surface area contributed by atoms with Crippen LogP contribution in [0.15, 0.2) is 23.9 Å². The van der Waals surface area contributed by atoms with Gasteiger partial charge in [0.1, 0.15) is 4.64 Å². The van der Waals surface area contributed by atoms with Gasteiger partial charge in [-0.25, -0.2) is 0 Å². The number of hydrogen-bond donors (Lipinski definition) is 1. The quantitative estimate of drug-likeness (QED) is 0.632. The highest BCUT2D eigenvalue weighted by Gasteiger charge is 1.87. The third-order valence-electron chi connectivity index (χ3n) is 1.29. The van der Waals surface area contributed by atoms with E-state index >= 15 is 0 Å². The zero-order chi connectivity index (χ0) is 8.27. The van der Waals surface area contributed by atoms with Gasteiger partial charge < -0.3 is 4.98 Å². The molecule has 0 bridgehead atoms. The zero-order valence-electron chi connectivity index (χ0n) is 6.72. The highest BCUT2D eigenvalue weighted by molar-refractivity contribution is 7.71. The summed E-state index contributed by atoms with van der Waals surface area (Å²) in [7, 11) is 0. The molecule has 0 atom stereocenters. The molecule has 1 N–H and O–H groups in total. The van der Waals surface area contributed by atoms with E-state index < -0.39 is 0 Å². The molecule has 1 aromatic rings. The molecular weight excluding hydrogens is 154 g/mol. The fraction of sp³-hybridized carbons (Fsp3) is 0.222. The van der Waals surface area contributed by atoms with Crippen LogP contribution in [0.2, 0.25) is 0 Å². The lowest BCUT2D eigenvalue weighted by molar-refractivity contribution is 1.28. The van der Waals surface area contributed by atoms with E-state index in [1.807, 2.05) is 18.3 Å². The summed E-state index contributed by atoms with van der Waals surface area (Å²) in [5.74, 6) is 0. The van der Waals surface area contributed by atoms with Gasteiger partial charge in [0.2, 0.25) is 0 Å². The molecule has 58 valence electrons. The summed E-state index contributed by atoms with van der Waals surface area (Å²) < 4.78 is 0.800. The van der Waals surface area contributed by atoms with E-state index in [9.17, 15) is 0 Å². The van der Waals surface area contributed by atoms with Gasteiger partial charge in [-0.3, -0.25) is 0 Å². The molecule has 0 saturated heterocycles. The predicted octanol–water partition coefficient (Wildman–Crippen LogP) is 3.17. The molecule has 0 radical (unpaired) electrons. The number of hydrogen-bond acceptors (Lipinski definition) is 1. The number of nitrogens with one attached hydrogen (secondary N) is 1. The summed E-state index contributed by atoms with van der Waals surface area (Å²) in [6.45, 7) is 4.11. The van der Waals surface area contributed by atoms with Gasteiger partial charge in [-0.2, -0.15) is 0 Å². The SMILES string of the molecule is CC(C)=Cc1ccc[nH]c1=S. The Kier molecular flexibility index (Phi) is 2.60. The number of aromatic nitrogens is 1. The van der Waals surface area contributed by atoms with E-state index in [4.69, 9.17) is 12.2 Å². The molecule has 0 saturated carbocycles. The maximum absolute atomic E-state index is 5.07. The van der Waals surface area contributed by atoms with Gasteiger partial charge in [0.15, 0.2) is 0 Å². The molecular formula is C9H11NS. The standard InChI is InChI=1S/C9H11NS/c1-7(2)6-8-4-3-5-10-9(8)11/h3-6H,1-2H3,(H,10,11). The van der Waals surface area contributed by atoms with E-state index in [1.54, 1.807) is 0 Å². The van der Waals surface area contributed by atoms with Crippen molar-refractivity contribution in [3.05, 3.63) is 34.1 Å². The summed E-state index contributed by atoms with van der Waals surface area (Å²) in [4.78, 5) is 2.98. The van der Waals surface area contributed by atoms with Crippen molar-refractivity contribution in [2.24, 2.45) is 0 Å². The lowest BCUT2D eigenvalue weighted by Crippen LogP contribution is -1.78. The second-order valence-corrected chi connectivity index (χ2v) is 3.08. The maximum Gasteiger partial charge on any atom is 0.110 e. The minimum absolute atomic E-state index is 0.800. The van der Waals surface area contributed by atoms with Gasteiger partial charge in [0.05, 0.1) is 0 Å². The molecule has 0 fully saturated rings. The van der Waals surface area contributed by atoms with Crippen LogP contribution < -0.4 is 0 Å². The number of aromatic amines is 1. The van der Waals surface area contributed by atoms with Gasteiger partial charge in [0.25, 0.3) is 0 Å². The fourth-order valence-corrected chi connectivity index (χ4v) is 1.05. The first-order valence-electron chi connectivity index (χ1n) is 3.53. The minimum Gasteiger partial charge on any atom is -0.352 e. The molecule has 0 aliphatic carbocycles.